The maximum atomic E-state index is 13.4. The van der Waals surface area contributed by atoms with Crippen LogP contribution in [0.15, 0.2) is 36.7 Å². The molecule has 1 aromatic carbocycles. The molecule has 3 saturated heterocycles. The van der Waals surface area contributed by atoms with Gasteiger partial charge in [0.05, 0.1) is 19.0 Å². The summed E-state index contributed by atoms with van der Waals surface area (Å²) in [7, 11) is 0. The Morgan fingerprint density at radius 3 is 2.29 bits per heavy atom. The van der Waals surface area contributed by atoms with Crippen molar-refractivity contribution in [3.63, 3.8) is 0 Å². The quantitative estimate of drug-likeness (QED) is 0.403. The number of rotatable bonds is 6. The van der Waals surface area contributed by atoms with Crippen LogP contribution in [0, 0.1) is 5.41 Å². The fourth-order valence-corrected chi connectivity index (χ4v) is 5.60. The minimum absolute atomic E-state index is 0.0363. The number of aliphatic hydroxyl groups is 1. The lowest BCUT2D eigenvalue weighted by molar-refractivity contribution is -0.153. The number of barbiturate groups is 1. The van der Waals surface area contributed by atoms with E-state index in [0.717, 1.165) is 32.1 Å². The molecule has 1 spiro atoms. The van der Waals surface area contributed by atoms with Crippen LogP contribution in [-0.4, -0.2) is 82.1 Å². The first-order valence-corrected chi connectivity index (χ1v) is 12.1. The van der Waals surface area contributed by atoms with Crippen LogP contribution in [0.5, 0.6) is 0 Å². The molecule has 0 radical (unpaired) electrons. The molecule has 5 rings (SSSR count). The van der Waals surface area contributed by atoms with Crippen LogP contribution >= 0.6 is 0 Å². The predicted molar refractivity (Wildman–Crippen MR) is 127 cm³/mol. The summed E-state index contributed by atoms with van der Waals surface area (Å²) in [6, 6.07) is 5.42. The number of nitrogens with one attached hydrogen (secondary N) is 3. The maximum Gasteiger partial charge on any atom is 0.434 e. The summed E-state index contributed by atoms with van der Waals surface area (Å²) in [6.07, 6.45) is -1.63. The molecule has 0 bridgehead atoms. The molecular weight excluding hydrogens is 507 g/mol. The van der Waals surface area contributed by atoms with Gasteiger partial charge in [0.15, 0.2) is 5.69 Å². The highest BCUT2D eigenvalue weighted by atomic mass is 19.4. The monoisotopic (exact) mass is 533 g/mol. The molecule has 3 aliphatic heterocycles. The van der Waals surface area contributed by atoms with E-state index in [4.69, 9.17) is 0 Å². The first-order valence-electron chi connectivity index (χ1n) is 12.1. The number of β-amino-alcohol motifs (C(OH)–C–C–N with tert-alkyl or cyclic N) is 1. The zero-order valence-electron chi connectivity index (χ0n) is 20.2. The van der Waals surface area contributed by atoms with Gasteiger partial charge in [-0.05, 0) is 36.0 Å². The highest BCUT2D eigenvalue weighted by Gasteiger charge is 2.58. The zero-order chi connectivity index (χ0) is 27.1. The molecule has 0 atom stereocenters. The number of anilines is 2. The van der Waals surface area contributed by atoms with Crippen molar-refractivity contribution in [2.75, 3.05) is 44.6 Å². The summed E-state index contributed by atoms with van der Waals surface area (Å²) in [6.45, 7) is 3.19. The van der Waals surface area contributed by atoms with Crippen molar-refractivity contribution < 1.29 is 32.7 Å². The van der Waals surface area contributed by atoms with Crippen LogP contribution in [0.2, 0.25) is 0 Å². The molecule has 3 fully saturated rings. The molecule has 14 heteroatoms. The molecule has 11 nitrogen and oxygen atoms in total. The lowest BCUT2D eigenvalue weighted by atomic mass is 9.70. The number of aromatic nitrogens is 2. The fourth-order valence-electron chi connectivity index (χ4n) is 5.60. The Labute approximate surface area is 215 Å². The SMILES string of the molecule is O=C1NC(=O)C(c2cccc(Nc3cnc(C(F)(F)F)cn3)c2)(N2CCC3(CC2)CN(CCO)C3)C(=O)N1. The van der Waals surface area contributed by atoms with Crippen molar-refractivity contribution in [2.24, 2.45) is 5.41 Å². The second-order valence-corrected chi connectivity index (χ2v) is 9.86. The number of hydrogen-bond donors (Lipinski definition) is 4. The van der Waals surface area contributed by atoms with Crippen LogP contribution in [0.25, 0.3) is 0 Å². The topological polar surface area (TPSA) is 140 Å². The molecule has 0 saturated carbocycles. The van der Waals surface area contributed by atoms with Crippen molar-refractivity contribution in [3.8, 4) is 0 Å². The molecule has 2 aromatic rings. The van der Waals surface area contributed by atoms with Gasteiger partial charge < -0.3 is 10.4 Å². The molecule has 1 aromatic heterocycles. The van der Waals surface area contributed by atoms with Gasteiger partial charge in [0, 0.05) is 38.4 Å². The van der Waals surface area contributed by atoms with Gasteiger partial charge in [0.25, 0.3) is 11.8 Å². The van der Waals surface area contributed by atoms with Crippen molar-refractivity contribution in [3.05, 3.63) is 47.9 Å². The Balaban J connectivity index is 1.42. The summed E-state index contributed by atoms with van der Waals surface area (Å²) < 4.78 is 38.4. The second-order valence-electron chi connectivity index (χ2n) is 9.86. The minimum Gasteiger partial charge on any atom is -0.395 e. The van der Waals surface area contributed by atoms with Gasteiger partial charge in [-0.2, -0.15) is 13.2 Å². The number of carbonyl (C=O) groups excluding carboxylic acids is 3. The molecule has 0 aliphatic carbocycles. The third kappa shape index (κ3) is 4.59. The van der Waals surface area contributed by atoms with Gasteiger partial charge >= 0.3 is 12.2 Å². The Morgan fingerprint density at radius 1 is 1.03 bits per heavy atom. The largest absolute Gasteiger partial charge is 0.434 e. The fraction of sp³-hybridized carbons (Fsp3) is 0.458. The number of benzene rings is 1. The van der Waals surface area contributed by atoms with Crippen LogP contribution in [0.1, 0.15) is 24.1 Å². The number of carbonyl (C=O) groups is 3. The zero-order valence-corrected chi connectivity index (χ0v) is 20.2. The van der Waals surface area contributed by atoms with E-state index >= 15 is 0 Å². The van der Waals surface area contributed by atoms with E-state index in [9.17, 15) is 32.7 Å². The highest BCUT2D eigenvalue weighted by molar-refractivity contribution is 6.22. The van der Waals surface area contributed by atoms with Crippen LogP contribution < -0.4 is 16.0 Å². The molecule has 4 amide bonds. The number of hydrogen-bond acceptors (Lipinski definition) is 9. The lowest BCUT2D eigenvalue weighted by Gasteiger charge is -2.56. The molecule has 0 unspecified atom stereocenters. The molecule has 4 heterocycles. The first-order chi connectivity index (χ1) is 18.1. The standard InChI is InChI=1S/C24H26F3N7O4/c25-24(26,27)17-11-29-18(12-28-17)30-16-3-1-2-15(10-16)23(19(36)31-21(38)32-20(23)37)34-6-4-22(5-7-34)13-33(14-22)8-9-35/h1-3,10-12,35H,4-9,13-14H2,(H,29,30)(H2,31,32,36,37,38). The summed E-state index contributed by atoms with van der Waals surface area (Å²) in [5.41, 5.74) is -2.26. The van der Waals surface area contributed by atoms with Crippen molar-refractivity contribution in [1.82, 2.24) is 30.4 Å². The number of urea groups is 1. The number of nitrogens with zero attached hydrogens (tertiary/aromatic N) is 4. The molecule has 4 N–H and O–H groups in total. The van der Waals surface area contributed by atoms with E-state index < -0.39 is 35.3 Å². The third-order valence-electron chi connectivity index (χ3n) is 7.44. The Hall–Kier alpha value is -3.62. The summed E-state index contributed by atoms with van der Waals surface area (Å²) >= 11 is 0. The molecule has 3 aliphatic rings. The smallest absolute Gasteiger partial charge is 0.395 e. The minimum atomic E-state index is -4.62. The van der Waals surface area contributed by atoms with E-state index in [1.165, 1.54) is 6.07 Å². The summed E-state index contributed by atoms with van der Waals surface area (Å²) in [5, 5.41) is 16.5. The highest BCUT2D eigenvalue weighted by Crippen LogP contribution is 2.44. The van der Waals surface area contributed by atoms with E-state index in [2.05, 4.69) is 30.8 Å². The van der Waals surface area contributed by atoms with Gasteiger partial charge in [0.1, 0.15) is 5.82 Å². The van der Waals surface area contributed by atoms with Gasteiger partial charge in [-0.1, -0.05) is 12.1 Å². The number of alkyl halides is 3. The summed E-state index contributed by atoms with van der Waals surface area (Å²) in [4.78, 5) is 49.8. The molecule has 38 heavy (non-hydrogen) atoms. The lowest BCUT2D eigenvalue weighted by Crippen LogP contribution is -2.73. The summed E-state index contributed by atoms with van der Waals surface area (Å²) in [5.74, 6) is -1.51. The number of likely N-dealkylation sites (tertiary alicyclic amines) is 2. The van der Waals surface area contributed by atoms with Crippen LogP contribution in [-0.2, 0) is 21.3 Å². The first kappa shape index (κ1) is 26.0. The van der Waals surface area contributed by atoms with Crippen molar-refractivity contribution in [1.29, 1.82) is 0 Å². The molecule has 202 valence electrons. The van der Waals surface area contributed by atoms with E-state index in [-0.39, 0.29) is 23.4 Å². The van der Waals surface area contributed by atoms with E-state index in [0.29, 0.717) is 31.5 Å². The average molecular weight is 534 g/mol. The Kier molecular flexibility index (Phi) is 6.57. The number of amides is 4. The second kappa shape index (κ2) is 9.60. The number of halogens is 3. The van der Waals surface area contributed by atoms with Crippen molar-refractivity contribution >= 4 is 29.4 Å². The Morgan fingerprint density at radius 2 is 1.71 bits per heavy atom. The van der Waals surface area contributed by atoms with Crippen LogP contribution in [0.4, 0.5) is 29.5 Å². The predicted octanol–water partition coefficient (Wildman–Crippen LogP) is 1.19. The normalized spacial score (nSPS) is 21.5. The van der Waals surface area contributed by atoms with Gasteiger partial charge in [-0.25, -0.2) is 14.8 Å². The molecular formula is C24H26F3N7O4. The van der Waals surface area contributed by atoms with Gasteiger partial charge in [-0.3, -0.25) is 30.0 Å². The van der Waals surface area contributed by atoms with E-state index in [1.807, 2.05) is 0 Å². The number of imide groups is 2. The van der Waals surface area contributed by atoms with Gasteiger partial charge in [0.2, 0.25) is 5.54 Å². The van der Waals surface area contributed by atoms with E-state index in [1.54, 1.807) is 23.1 Å². The Bertz CT molecular complexity index is 1220. The van der Waals surface area contributed by atoms with Crippen molar-refractivity contribution in [2.45, 2.75) is 24.6 Å². The van der Waals surface area contributed by atoms with Gasteiger partial charge in [-0.15, -0.1) is 0 Å². The number of piperidine rings is 1. The third-order valence-corrected chi connectivity index (χ3v) is 7.44. The number of aliphatic hydroxyl groups excluding tert-OH is 1. The van der Waals surface area contributed by atoms with Crippen LogP contribution in [0.3, 0.4) is 0 Å². The maximum absolute atomic E-state index is 13.4. The average Bonchev–Trinajstić information content (AvgIpc) is 2.84.